The van der Waals surface area contributed by atoms with Gasteiger partial charge >= 0.3 is 0 Å². The highest BCUT2D eigenvalue weighted by molar-refractivity contribution is 5.78. The molecular formula is C23H26FN3O. The molecule has 146 valence electrons. The highest BCUT2D eigenvalue weighted by Crippen LogP contribution is 2.16. The van der Waals surface area contributed by atoms with Crippen LogP contribution in [0.25, 0.3) is 0 Å². The van der Waals surface area contributed by atoms with E-state index in [0.29, 0.717) is 18.5 Å². The maximum absolute atomic E-state index is 13.4. The summed E-state index contributed by atoms with van der Waals surface area (Å²) < 4.78 is 13.4. The molecule has 0 aromatic heterocycles. The molecule has 0 saturated carbocycles. The van der Waals surface area contributed by atoms with Crippen LogP contribution in [0.2, 0.25) is 0 Å². The van der Waals surface area contributed by atoms with Crippen molar-refractivity contribution in [2.24, 2.45) is 5.92 Å². The second-order valence-electron chi connectivity index (χ2n) is 7.50. The van der Waals surface area contributed by atoms with E-state index >= 15 is 0 Å². The van der Waals surface area contributed by atoms with Gasteiger partial charge in [0.2, 0.25) is 5.91 Å². The summed E-state index contributed by atoms with van der Waals surface area (Å²) in [7, 11) is 0. The lowest BCUT2D eigenvalue weighted by atomic mass is 9.99. The Morgan fingerprint density at radius 3 is 2.61 bits per heavy atom. The summed E-state index contributed by atoms with van der Waals surface area (Å²) in [6.45, 7) is 6.00. The third kappa shape index (κ3) is 5.40. The van der Waals surface area contributed by atoms with Gasteiger partial charge in [-0.1, -0.05) is 31.2 Å². The van der Waals surface area contributed by atoms with Gasteiger partial charge in [0.15, 0.2) is 0 Å². The van der Waals surface area contributed by atoms with E-state index in [9.17, 15) is 9.18 Å². The van der Waals surface area contributed by atoms with Gasteiger partial charge in [-0.3, -0.25) is 9.69 Å². The second kappa shape index (κ2) is 9.48. The van der Waals surface area contributed by atoms with Gasteiger partial charge in [0.05, 0.1) is 11.6 Å². The molecule has 0 aliphatic carbocycles. The van der Waals surface area contributed by atoms with Crippen molar-refractivity contribution < 1.29 is 9.18 Å². The van der Waals surface area contributed by atoms with E-state index in [1.54, 1.807) is 6.07 Å². The number of hydrogen-bond donors (Lipinski definition) is 0. The van der Waals surface area contributed by atoms with Crippen molar-refractivity contribution in [3.8, 4) is 6.07 Å². The lowest BCUT2D eigenvalue weighted by Gasteiger charge is -2.25. The molecule has 4 nitrogen and oxygen atoms in total. The summed E-state index contributed by atoms with van der Waals surface area (Å²) in [6.07, 6.45) is 1.50. The fraction of sp³-hybridized carbons (Fsp3) is 0.391. The Hall–Kier alpha value is -2.71. The highest BCUT2D eigenvalue weighted by atomic mass is 19.1. The van der Waals surface area contributed by atoms with Gasteiger partial charge < -0.3 is 4.90 Å². The number of carbonyl (C=O) groups excluding carboxylic acids is 1. The molecule has 28 heavy (non-hydrogen) atoms. The Bertz CT molecular complexity index is 844. The Balaban J connectivity index is 1.53. The normalized spacial score (nSPS) is 16.2. The summed E-state index contributed by atoms with van der Waals surface area (Å²) in [4.78, 5) is 17.2. The predicted molar refractivity (Wildman–Crippen MR) is 107 cm³/mol. The van der Waals surface area contributed by atoms with E-state index < -0.39 is 0 Å². The minimum Gasteiger partial charge on any atom is -0.341 e. The summed E-state index contributed by atoms with van der Waals surface area (Å²) >= 11 is 0. The summed E-state index contributed by atoms with van der Waals surface area (Å²) in [6, 6.07) is 16.3. The van der Waals surface area contributed by atoms with E-state index in [-0.39, 0.29) is 17.6 Å². The van der Waals surface area contributed by atoms with Crippen molar-refractivity contribution in [2.75, 3.05) is 26.2 Å². The molecule has 2 aromatic carbocycles. The van der Waals surface area contributed by atoms with Crippen LogP contribution in [-0.4, -0.2) is 41.9 Å². The van der Waals surface area contributed by atoms with Crippen LogP contribution in [0, 0.1) is 23.1 Å². The number of nitrogens with zero attached hydrogens (tertiary/aromatic N) is 3. The zero-order valence-electron chi connectivity index (χ0n) is 16.3. The Morgan fingerprint density at radius 1 is 1.11 bits per heavy atom. The third-order valence-corrected chi connectivity index (χ3v) is 5.24. The zero-order chi connectivity index (χ0) is 19.9. The quantitative estimate of drug-likeness (QED) is 0.797. The van der Waals surface area contributed by atoms with Crippen LogP contribution in [0.1, 0.15) is 30.0 Å². The molecule has 1 amide bonds. The molecule has 1 atom stereocenters. The molecular weight excluding hydrogens is 353 g/mol. The van der Waals surface area contributed by atoms with Crippen LogP contribution in [0.3, 0.4) is 0 Å². The highest BCUT2D eigenvalue weighted by Gasteiger charge is 2.23. The molecule has 0 spiro atoms. The molecule has 2 aromatic rings. The molecule has 0 radical (unpaired) electrons. The minimum atomic E-state index is -0.259. The fourth-order valence-corrected chi connectivity index (χ4v) is 3.71. The van der Waals surface area contributed by atoms with Crippen LogP contribution in [0.5, 0.6) is 0 Å². The van der Waals surface area contributed by atoms with Crippen LogP contribution in [-0.2, 0) is 17.8 Å². The number of nitriles is 1. The standard InChI is InChI=1S/C23H26FN3O/c1-18(14-21-4-2-5-22(24)15-21)23(28)27-11-3-10-26(12-13-27)17-20-8-6-19(16-25)7-9-20/h2,4-9,15,18H,3,10-14,17H2,1H3. The molecule has 1 aliphatic rings. The number of carbonyl (C=O) groups is 1. The van der Waals surface area contributed by atoms with Gasteiger partial charge in [0, 0.05) is 38.6 Å². The number of hydrogen-bond acceptors (Lipinski definition) is 3. The maximum atomic E-state index is 13.4. The smallest absolute Gasteiger partial charge is 0.225 e. The first-order valence-electron chi connectivity index (χ1n) is 9.80. The van der Waals surface area contributed by atoms with Gasteiger partial charge in [-0.15, -0.1) is 0 Å². The molecule has 1 saturated heterocycles. The van der Waals surface area contributed by atoms with E-state index in [2.05, 4.69) is 11.0 Å². The minimum absolute atomic E-state index is 0.143. The Kier molecular flexibility index (Phi) is 6.78. The average molecular weight is 379 g/mol. The second-order valence-corrected chi connectivity index (χ2v) is 7.50. The Labute approximate surface area is 166 Å². The molecule has 1 heterocycles. The van der Waals surface area contributed by atoms with E-state index in [0.717, 1.165) is 38.2 Å². The van der Waals surface area contributed by atoms with Crippen LogP contribution in [0.15, 0.2) is 48.5 Å². The summed E-state index contributed by atoms with van der Waals surface area (Å²) in [5, 5.41) is 8.90. The van der Waals surface area contributed by atoms with Crippen molar-refractivity contribution in [3.05, 3.63) is 71.0 Å². The first-order chi connectivity index (χ1) is 13.5. The largest absolute Gasteiger partial charge is 0.341 e. The zero-order valence-corrected chi connectivity index (χ0v) is 16.3. The molecule has 0 N–H and O–H groups in total. The third-order valence-electron chi connectivity index (χ3n) is 5.24. The molecule has 5 heteroatoms. The van der Waals surface area contributed by atoms with E-state index in [1.165, 1.54) is 17.7 Å². The van der Waals surface area contributed by atoms with Gasteiger partial charge in [0.25, 0.3) is 0 Å². The van der Waals surface area contributed by atoms with E-state index in [4.69, 9.17) is 5.26 Å². The SMILES string of the molecule is CC(Cc1cccc(F)c1)C(=O)N1CCCN(Cc2ccc(C#N)cc2)CC1. The van der Waals surface area contributed by atoms with E-state index in [1.807, 2.05) is 42.2 Å². The number of benzene rings is 2. The number of amides is 1. The summed E-state index contributed by atoms with van der Waals surface area (Å²) in [5.41, 5.74) is 2.71. The molecule has 1 unspecified atom stereocenters. The average Bonchev–Trinajstić information content (AvgIpc) is 2.93. The van der Waals surface area contributed by atoms with Gasteiger partial charge in [-0.25, -0.2) is 4.39 Å². The number of rotatable bonds is 5. The predicted octanol–water partition coefficient (Wildman–Crippen LogP) is 3.61. The van der Waals surface area contributed by atoms with Crippen molar-refractivity contribution >= 4 is 5.91 Å². The number of halogens is 1. The van der Waals surface area contributed by atoms with Crippen LogP contribution >= 0.6 is 0 Å². The lowest BCUT2D eigenvalue weighted by molar-refractivity contribution is -0.134. The van der Waals surface area contributed by atoms with Crippen molar-refractivity contribution in [3.63, 3.8) is 0 Å². The van der Waals surface area contributed by atoms with Crippen molar-refractivity contribution in [1.29, 1.82) is 5.26 Å². The Morgan fingerprint density at radius 2 is 1.89 bits per heavy atom. The van der Waals surface area contributed by atoms with Crippen LogP contribution in [0.4, 0.5) is 4.39 Å². The molecule has 1 fully saturated rings. The topological polar surface area (TPSA) is 47.3 Å². The first kappa shape index (κ1) is 20.0. The first-order valence-corrected chi connectivity index (χ1v) is 9.80. The molecule has 0 bridgehead atoms. The summed E-state index contributed by atoms with van der Waals surface area (Å²) in [5.74, 6) is -0.276. The van der Waals surface area contributed by atoms with Crippen molar-refractivity contribution in [1.82, 2.24) is 9.80 Å². The van der Waals surface area contributed by atoms with Gasteiger partial charge in [0.1, 0.15) is 5.82 Å². The monoisotopic (exact) mass is 379 g/mol. The lowest BCUT2D eigenvalue weighted by Crippen LogP contribution is -2.38. The van der Waals surface area contributed by atoms with Gasteiger partial charge in [-0.2, -0.15) is 5.26 Å². The van der Waals surface area contributed by atoms with Crippen molar-refractivity contribution in [2.45, 2.75) is 26.3 Å². The van der Waals surface area contributed by atoms with Crippen LogP contribution < -0.4 is 0 Å². The fourth-order valence-electron chi connectivity index (χ4n) is 3.71. The molecule has 3 rings (SSSR count). The maximum Gasteiger partial charge on any atom is 0.225 e. The molecule has 1 aliphatic heterocycles. The van der Waals surface area contributed by atoms with Gasteiger partial charge in [-0.05, 0) is 48.2 Å².